The highest BCUT2D eigenvalue weighted by Crippen LogP contribution is 2.22. The van der Waals surface area contributed by atoms with Gasteiger partial charge in [-0.15, -0.1) is 0 Å². The molecule has 0 unspecified atom stereocenters. The third kappa shape index (κ3) is 3.44. The molecule has 0 aromatic heterocycles. The minimum Gasteiger partial charge on any atom is -0.491 e. The molecule has 1 aliphatic rings. The summed E-state index contributed by atoms with van der Waals surface area (Å²) in [5, 5.41) is 37.9. The van der Waals surface area contributed by atoms with Crippen LogP contribution in [0.15, 0.2) is 28.7 Å². The van der Waals surface area contributed by atoms with Crippen molar-refractivity contribution in [1.29, 1.82) is 0 Å². The summed E-state index contributed by atoms with van der Waals surface area (Å²) in [6, 6.07) is 7.08. The van der Waals surface area contributed by atoms with Crippen LogP contribution in [0.3, 0.4) is 0 Å². The topological polar surface area (TPSA) is 99.4 Å². The van der Waals surface area contributed by atoms with Crippen LogP contribution in [0.5, 0.6) is 5.75 Å². The van der Waals surface area contributed by atoms with E-state index in [9.17, 15) is 20.4 Å². The van der Waals surface area contributed by atoms with Gasteiger partial charge in [0.15, 0.2) is 6.29 Å². The van der Waals surface area contributed by atoms with E-state index in [4.69, 9.17) is 9.47 Å². The summed E-state index contributed by atoms with van der Waals surface area (Å²) < 4.78 is 11.2. The van der Waals surface area contributed by atoms with Crippen molar-refractivity contribution < 1.29 is 29.9 Å². The summed E-state index contributed by atoms with van der Waals surface area (Å²) in [5.74, 6) is 0.556. The van der Waals surface area contributed by atoms with Gasteiger partial charge in [0.05, 0.1) is 0 Å². The number of ether oxygens (including phenoxy) is 2. The zero-order chi connectivity index (χ0) is 14.0. The SMILES string of the molecule is O[C@@H]1[C@@H](O)[C@H](COc2cccc(Br)c2)O[C@@H](O)[C@H]1O. The second-order valence-electron chi connectivity index (χ2n) is 4.31. The number of halogens is 1. The Morgan fingerprint density at radius 2 is 1.84 bits per heavy atom. The van der Waals surface area contributed by atoms with Gasteiger partial charge < -0.3 is 29.9 Å². The molecule has 2 rings (SSSR count). The van der Waals surface area contributed by atoms with Crippen LogP contribution in [-0.4, -0.2) is 57.7 Å². The van der Waals surface area contributed by atoms with E-state index in [1.54, 1.807) is 18.2 Å². The van der Waals surface area contributed by atoms with Crippen LogP contribution in [0.25, 0.3) is 0 Å². The van der Waals surface area contributed by atoms with Gasteiger partial charge in [-0.1, -0.05) is 22.0 Å². The lowest BCUT2D eigenvalue weighted by Gasteiger charge is -2.38. The Morgan fingerprint density at radius 3 is 2.53 bits per heavy atom. The summed E-state index contributed by atoms with van der Waals surface area (Å²) in [7, 11) is 0. The summed E-state index contributed by atoms with van der Waals surface area (Å²) in [6.07, 6.45) is -6.80. The number of benzene rings is 1. The van der Waals surface area contributed by atoms with Crippen LogP contribution in [0, 0.1) is 0 Å². The third-order valence-electron chi connectivity index (χ3n) is 2.90. The van der Waals surface area contributed by atoms with Crippen LogP contribution in [0.4, 0.5) is 0 Å². The predicted molar refractivity (Wildman–Crippen MR) is 68.5 cm³/mol. The van der Waals surface area contributed by atoms with Crippen molar-refractivity contribution in [3.8, 4) is 5.75 Å². The van der Waals surface area contributed by atoms with E-state index in [-0.39, 0.29) is 6.61 Å². The molecule has 0 saturated carbocycles. The first-order valence-corrected chi connectivity index (χ1v) is 6.54. The van der Waals surface area contributed by atoms with Crippen LogP contribution in [0.1, 0.15) is 0 Å². The Hall–Kier alpha value is -0.700. The summed E-state index contributed by atoms with van der Waals surface area (Å²) >= 11 is 3.29. The second kappa shape index (κ2) is 6.17. The fraction of sp³-hybridized carbons (Fsp3) is 0.500. The highest BCUT2D eigenvalue weighted by molar-refractivity contribution is 9.10. The molecule has 7 heteroatoms. The number of aliphatic hydroxyl groups is 4. The zero-order valence-corrected chi connectivity index (χ0v) is 11.5. The van der Waals surface area contributed by atoms with Crippen molar-refractivity contribution in [2.75, 3.05) is 6.61 Å². The number of hydrogen-bond donors (Lipinski definition) is 4. The molecule has 0 amide bonds. The van der Waals surface area contributed by atoms with Crippen molar-refractivity contribution in [3.63, 3.8) is 0 Å². The quantitative estimate of drug-likeness (QED) is 0.602. The van der Waals surface area contributed by atoms with Crippen molar-refractivity contribution in [2.24, 2.45) is 0 Å². The van der Waals surface area contributed by atoms with E-state index in [2.05, 4.69) is 15.9 Å². The van der Waals surface area contributed by atoms with Crippen LogP contribution >= 0.6 is 15.9 Å². The first-order chi connectivity index (χ1) is 8.99. The van der Waals surface area contributed by atoms with Gasteiger partial charge in [-0.25, -0.2) is 0 Å². The van der Waals surface area contributed by atoms with Crippen molar-refractivity contribution in [3.05, 3.63) is 28.7 Å². The molecule has 1 saturated heterocycles. The minimum absolute atomic E-state index is 0.0571. The molecule has 0 bridgehead atoms. The fourth-order valence-electron chi connectivity index (χ4n) is 1.80. The average molecular weight is 335 g/mol. The van der Waals surface area contributed by atoms with E-state index in [1.807, 2.05) is 6.07 Å². The number of hydrogen-bond acceptors (Lipinski definition) is 6. The average Bonchev–Trinajstić information content (AvgIpc) is 2.39. The van der Waals surface area contributed by atoms with Gasteiger partial charge in [-0.3, -0.25) is 0 Å². The monoisotopic (exact) mass is 334 g/mol. The van der Waals surface area contributed by atoms with Gasteiger partial charge in [0.25, 0.3) is 0 Å². The Balaban J connectivity index is 1.95. The van der Waals surface area contributed by atoms with Gasteiger partial charge in [-0.2, -0.15) is 0 Å². The first kappa shape index (κ1) is 14.7. The van der Waals surface area contributed by atoms with Gasteiger partial charge >= 0.3 is 0 Å². The van der Waals surface area contributed by atoms with E-state index in [0.717, 1.165) is 4.47 Å². The molecule has 4 N–H and O–H groups in total. The zero-order valence-electron chi connectivity index (χ0n) is 9.89. The molecule has 1 aliphatic heterocycles. The lowest BCUT2D eigenvalue weighted by molar-refractivity contribution is -0.285. The van der Waals surface area contributed by atoms with Crippen molar-refractivity contribution in [1.82, 2.24) is 0 Å². The van der Waals surface area contributed by atoms with Crippen molar-refractivity contribution >= 4 is 15.9 Å². The lowest BCUT2D eigenvalue weighted by atomic mass is 9.99. The fourth-order valence-corrected chi connectivity index (χ4v) is 2.18. The van der Waals surface area contributed by atoms with E-state index in [0.29, 0.717) is 5.75 Å². The number of rotatable bonds is 3. The maximum absolute atomic E-state index is 9.72. The van der Waals surface area contributed by atoms with Crippen LogP contribution < -0.4 is 4.74 Å². The van der Waals surface area contributed by atoms with E-state index < -0.39 is 30.7 Å². The van der Waals surface area contributed by atoms with Crippen LogP contribution in [0.2, 0.25) is 0 Å². The number of aliphatic hydroxyl groups excluding tert-OH is 4. The largest absolute Gasteiger partial charge is 0.491 e. The molecule has 1 heterocycles. The van der Waals surface area contributed by atoms with E-state index >= 15 is 0 Å². The standard InChI is InChI=1S/C12H15BrO6/c13-6-2-1-3-7(4-6)18-5-8-9(14)10(15)11(16)12(17)19-8/h1-4,8-12,14-17H,5H2/t8-,9-,10+,11-,12+/m0/s1. The molecule has 0 spiro atoms. The molecule has 19 heavy (non-hydrogen) atoms. The van der Waals surface area contributed by atoms with Crippen LogP contribution in [-0.2, 0) is 4.74 Å². The van der Waals surface area contributed by atoms with E-state index in [1.165, 1.54) is 0 Å². The Morgan fingerprint density at radius 1 is 1.11 bits per heavy atom. The normalized spacial score (nSPS) is 35.1. The summed E-state index contributed by atoms with van der Waals surface area (Å²) in [4.78, 5) is 0. The molecule has 6 nitrogen and oxygen atoms in total. The molecule has 5 atom stereocenters. The third-order valence-corrected chi connectivity index (χ3v) is 3.39. The predicted octanol–water partition coefficient (Wildman–Crippen LogP) is -0.372. The Kier molecular flexibility index (Phi) is 4.77. The maximum Gasteiger partial charge on any atom is 0.184 e. The molecular formula is C12H15BrO6. The highest BCUT2D eigenvalue weighted by atomic mass is 79.9. The van der Waals surface area contributed by atoms with Gasteiger partial charge in [-0.05, 0) is 18.2 Å². The second-order valence-corrected chi connectivity index (χ2v) is 5.22. The minimum atomic E-state index is -1.55. The smallest absolute Gasteiger partial charge is 0.184 e. The lowest BCUT2D eigenvalue weighted by Crippen LogP contribution is -2.58. The molecule has 0 radical (unpaired) electrons. The molecule has 1 fully saturated rings. The Labute approximate surface area is 118 Å². The maximum atomic E-state index is 9.72. The highest BCUT2D eigenvalue weighted by Gasteiger charge is 2.43. The van der Waals surface area contributed by atoms with Gasteiger partial charge in [0, 0.05) is 4.47 Å². The van der Waals surface area contributed by atoms with Crippen molar-refractivity contribution in [2.45, 2.75) is 30.7 Å². The molecule has 106 valence electrons. The molecule has 1 aromatic rings. The first-order valence-electron chi connectivity index (χ1n) is 5.75. The summed E-state index contributed by atoms with van der Waals surface area (Å²) in [5.41, 5.74) is 0. The van der Waals surface area contributed by atoms with Gasteiger partial charge in [0.1, 0.15) is 36.8 Å². The molecule has 0 aliphatic carbocycles. The van der Waals surface area contributed by atoms with Gasteiger partial charge in [0.2, 0.25) is 0 Å². The Bertz CT molecular complexity index is 428. The molecule has 1 aromatic carbocycles. The molecular weight excluding hydrogens is 320 g/mol. The summed E-state index contributed by atoms with van der Waals surface area (Å²) in [6.45, 7) is -0.0571.